The van der Waals surface area contributed by atoms with Crippen molar-refractivity contribution >= 4 is 11.8 Å². The van der Waals surface area contributed by atoms with Gasteiger partial charge in [0.25, 0.3) is 0 Å². The first-order valence-corrected chi connectivity index (χ1v) is 7.07. The van der Waals surface area contributed by atoms with Gasteiger partial charge in [0.1, 0.15) is 23.7 Å². The summed E-state index contributed by atoms with van der Waals surface area (Å²) < 4.78 is 10.4. The molecule has 0 aliphatic carbocycles. The van der Waals surface area contributed by atoms with Gasteiger partial charge in [-0.15, -0.1) is 0 Å². The smallest absolute Gasteiger partial charge is 0.342 e. The fourth-order valence-electron chi connectivity index (χ4n) is 2.14. The van der Waals surface area contributed by atoms with Crippen molar-refractivity contribution < 1.29 is 24.2 Å². The monoisotopic (exact) mass is 314 g/mol. The predicted molar refractivity (Wildman–Crippen MR) is 85.0 cm³/mol. The van der Waals surface area contributed by atoms with Crippen LogP contribution in [0.3, 0.4) is 0 Å². The number of esters is 1. The number of aromatic hydroxyl groups is 1. The second kappa shape index (κ2) is 6.96. The lowest BCUT2D eigenvalue weighted by Crippen LogP contribution is -2.07. The average molecular weight is 314 g/mol. The Kier molecular flexibility index (Phi) is 5.01. The third kappa shape index (κ3) is 3.88. The van der Waals surface area contributed by atoms with E-state index in [1.165, 1.54) is 20.1 Å². The molecule has 2 aromatic carbocycles. The first-order valence-electron chi connectivity index (χ1n) is 7.07. The molecule has 1 N–H and O–H groups in total. The van der Waals surface area contributed by atoms with Gasteiger partial charge in [-0.1, -0.05) is 11.6 Å². The number of phenolic OH excluding ortho intramolecular Hbond substituents is 1. The molecule has 0 amide bonds. The van der Waals surface area contributed by atoms with Crippen LogP contribution < -0.4 is 4.74 Å². The topological polar surface area (TPSA) is 72.8 Å². The highest BCUT2D eigenvalue weighted by Crippen LogP contribution is 2.23. The van der Waals surface area contributed by atoms with Crippen LogP contribution in [0.25, 0.3) is 0 Å². The Morgan fingerprint density at radius 3 is 2.52 bits per heavy atom. The van der Waals surface area contributed by atoms with Crippen LogP contribution >= 0.6 is 0 Å². The maximum absolute atomic E-state index is 12.1. The van der Waals surface area contributed by atoms with E-state index >= 15 is 0 Å². The SMILES string of the molecule is COc1ccc(C(C)=O)cc1COC(=O)c1cc(C)ccc1O. The molecule has 0 fully saturated rings. The second-order valence-corrected chi connectivity index (χ2v) is 5.18. The third-order valence-electron chi connectivity index (χ3n) is 3.42. The summed E-state index contributed by atoms with van der Waals surface area (Å²) >= 11 is 0. The largest absolute Gasteiger partial charge is 0.507 e. The lowest BCUT2D eigenvalue weighted by atomic mass is 10.1. The number of benzene rings is 2. The van der Waals surface area contributed by atoms with Gasteiger partial charge in [-0.3, -0.25) is 4.79 Å². The van der Waals surface area contributed by atoms with Crippen molar-refractivity contribution in [2.45, 2.75) is 20.5 Å². The number of hydrogen-bond acceptors (Lipinski definition) is 5. The van der Waals surface area contributed by atoms with E-state index in [1.54, 1.807) is 30.3 Å². The minimum absolute atomic E-state index is 0.0590. The van der Waals surface area contributed by atoms with E-state index in [1.807, 2.05) is 6.92 Å². The number of carbonyl (C=O) groups is 2. The zero-order valence-electron chi connectivity index (χ0n) is 13.3. The minimum atomic E-state index is -0.638. The Balaban J connectivity index is 2.19. The van der Waals surface area contributed by atoms with Gasteiger partial charge in [0.15, 0.2) is 5.78 Å². The van der Waals surface area contributed by atoms with Gasteiger partial charge in [0.2, 0.25) is 0 Å². The lowest BCUT2D eigenvalue weighted by Gasteiger charge is -2.11. The average Bonchev–Trinajstić information content (AvgIpc) is 2.54. The Labute approximate surface area is 134 Å². The maximum Gasteiger partial charge on any atom is 0.342 e. The van der Waals surface area contributed by atoms with Crippen molar-refractivity contribution in [2.75, 3.05) is 7.11 Å². The molecule has 0 aliphatic rings. The van der Waals surface area contributed by atoms with E-state index in [0.29, 0.717) is 16.9 Å². The molecule has 0 bridgehead atoms. The Morgan fingerprint density at radius 2 is 1.87 bits per heavy atom. The van der Waals surface area contributed by atoms with Crippen LogP contribution in [0.1, 0.15) is 38.8 Å². The molecule has 0 aliphatic heterocycles. The van der Waals surface area contributed by atoms with Gasteiger partial charge >= 0.3 is 5.97 Å². The van der Waals surface area contributed by atoms with E-state index in [-0.39, 0.29) is 23.7 Å². The van der Waals surface area contributed by atoms with E-state index < -0.39 is 5.97 Å². The molecule has 0 aromatic heterocycles. The lowest BCUT2D eigenvalue weighted by molar-refractivity contribution is 0.0466. The molecule has 120 valence electrons. The number of hydrogen-bond donors (Lipinski definition) is 1. The molecule has 2 aromatic rings. The molecule has 0 radical (unpaired) electrons. The van der Waals surface area contributed by atoms with Crippen LogP contribution in [-0.2, 0) is 11.3 Å². The summed E-state index contributed by atoms with van der Waals surface area (Å²) in [6.45, 7) is 3.22. The fraction of sp³-hybridized carbons (Fsp3) is 0.222. The van der Waals surface area contributed by atoms with Crippen molar-refractivity contribution in [1.82, 2.24) is 0 Å². The summed E-state index contributed by atoms with van der Waals surface area (Å²) in [6.07, 6.45) is 0. The zero-order chi connectivity index (χ0) is 17.0. The van der Waals surface area contributed by atoms with Crippen LogP contribution in [0.15, 0.2) is 36.4 Å². The van der Waals surface area contributed by atoms with Gasteiger partial charge in [0.05, 0.1) is 7.11 Å². The van der Waals surface area contributed by atoms with Gasteiger partial charge < -0.3 is 14.6 Å². The zero-order valence-corrected chi connectivity index (χ0v) is 13.3. The molecule has 23 heavy (non-hydrogen) atoms. The highest BCUT2D eigenvalue weighted by atomic mass is 16.5. The Hall–Kier alpha value is -2.82. The third-order valence-corrected chi connectivity index (χ3v) is 3.42. The summed E-state index contributed by atoms with van der Waals surface area (Å²) in [5, 5.41) is 9.75. The summed E-state index contributed by atoms with van der Waals surface area (Å²) in [5.74, 6) is -0.334. The fourth-order valence-corrected chi connectivity index (χ4v) is 2.14. The number of ether oxygens (including phenoxy) is 2. The van der Waals surface area contributed by atoms with E-state index in [9.17, 15) is 14.7 Å². The number of aryl methyl sites for hydroxylation is 1. The van der Waals surface area contributed by atoms with Crippen molar-refractivity contribution in [3.8, 4) is 11.5 Å². The summed E-state index contributed by atoms with van der Waals surface area (Å²) in [5.41, 5.74) is 2.04. The molecule has 0 heterocycles. The molecular formula is C18H18O5. The van der Waals surface area contributed by atoms with Crippen LogP contribution in [0.2, 0.25) is 0 Å². The second-order valence-electron chi connectivity index (χ2n) is 5.18. The maximum atomic E-state index is 12.1. The van der Waals surface area contributed by atoms with Gasteiger partial charge in [0, 0.05) is 11.1 Å². The van der Waals surface area contributed by atoms with Crippen LogP contribution in [0, 0.1) is 6.92 Å². The van der Waals surface area contributed by atoms with E-state index in [4.69, 9.17) is 9.47 Å². The number of phenols is 1. The minimum Gasteiger partial charge on any atom is -0.507 e. The van der Waals surface area contributed by atoms with Crippen LogP contribution in [0.5, 0.6) is 11.5 Å². The predicted octanol–water partition coefficient (Wildman–Crippen LogP) is 3.27. The van der Waals surface area contributed by atoms with Gasteiger partial charge in [-0.05, 0) is 44.2 Å². The number of ketones is 1. The molecule has 0 saturated heterocycles. The normalized spacial score (nSPS) is 10.2. The number of Topliss-reactive ketones (excluding diaryl/α,β-unsaturated/α-hetero) is 1. The highest BCUT2D eigenvalue weighted by Gasteiger charge is 2.15. The van der Waals surface area contributed by atoms with Crippen LogP contribution in [0.4, 0.5) is 0 Å². The van der Waals surface area contributed by atoms with Crippen molar-refractivity contribution in [3.05, 3.63) is 58.7 Å². The summed E-state index contributed by atoms with van der Waals surface area (Å²) in [7, 11) is 1.50. The molecule has 5 nitrogen and oxygen atoms in total. The molecule has 0 spiro atoms. The quantitative estimate of drug-likeness (QED) is 0.677. The van der Waals surface area contributed by atoms with Crippen molar-refractivity contribution in [1.29, 1.82) is 0 Å². The van der Waals surface area contributed by atoms with Crippen molar-refractivity contribution in [2.24, 2.45) is 0 Å². The number of carbonyl (C=O) groups excluding carboxylic acids is 2. The first-order chi connectivity index (χ1) is 10.9. The number of methoxy groups -OCH3 is 1. The van der Waals surface area contributed by atoms with E-state index in [2.05, 4.69) is 0 Å². The van der Waals surface area contributed by atoms with E-state index in [0.717, 1.165) is 5.56 Å². The first kappa shape index (κ1) is 16.5. The van der Waals surface area contributed by atoms with Gasteiger partial charge in [-0.2, -0.15) is 0 Å². The van der Waals surface area contributed by atoms with Gasteiger partial charge in [-0.25, -0.2) is 4.79 Å². The summed E-state index contributed by atoms with van der Waals surface area (Å²) in [6, 6.07) is 9.64. The highest BCUT2D eigenvalue weighted by molar-refractivity contribution is 5.94. The van der Waals surface area contributed by atoms with Crippen LogP contribution in [-0.4, -0.2) is 24.0 Å². The summed E-state index contributed by atoms with van der Waals surface area (Å²) in [4.78, 5) is 23.6. The number of rotatable bonds is 5. The molecule has 0 atom stereocenters. The molecule has 0 unspecified atom stereocenters. The molecule has 5 heteroatoms. The molecular weight excluding hydrogens is 296 g/mol. The van der Waals surface area contributed by atoms with Crippen molar-refractivity contribution in [3.63, 3.8) is 0 Å². The Morgan fingerprint density at radius 1 is 1.13 bits per heavy atom. The molecule has 2 rings (SSSR count). The standard InChI is InChI=1S/C18H18O5/c1-11-4-6-16(20)15(8-11)18(21)23-10-14-9-13(12(2)19)5-7-17(14)22-3/h4-9,20H,10H2,1-3H3. The molecule has 0 saturated carbocycles. The Bertz CT molecular complexity index is 749.